The first-order valence-electron chi connectivity index (χ1n) is 5.29. The predicted molar refractivity (Wildman–Crippen MR) is 60.8 cm³/mol. The number of nitrogens with one attached hydrogen (secondary N) is 1. The molecular formula is C12H16ClN. The van der Waals surface area contributed by atoms with Gasteiger partial charge in [-0.05, 0) is 36.9 Å². The first-order valence-corrected chi connectivity index (χ1v) is 5.82. The van der Waals surface area contributed by atoms with Crippen molar-refractivity contribution in [2.45, 2.75) is 25.3 Å². The first kappa shape index (κ1) is 10.0. The molecule has 1 aromatic rings. The second kappa shape index (κ2) is 4.81. The van der Waals surface area contributed by atoms with Crippen LogP contribution in [0.3, 0.4) is 0 Å². The Kier molecular flexibility index (Phi) is 3.44. The molecule has 1 atom stereocenters. The van der Waals surface area contributed by atoms with E-state index < -0.39 is 0 Å². The molecule has 76 valence electrons. The fourth-order valence-electron chi connectivity index (χ4n) is 2.13. The van der Waals surface area contributed by atoms with Gasteiger partial charge in [-0.1, -0.05) is 24.3 Å². The maximum absolute atomic E-state index is 5.72. The Morgan fingerprint density at radius 2 is 2.21 bits per heavy atom. The van der Waals surface area contributed by atoms with Gasteiger partial charge in [-0.15, -0.1) is 11.6 Å². The fraction of sp³-hybridized carbons (Fsp3) is 0.500. The van der Waals surface area contributed by atoms with Gasteiger partial charge in [0, 0.05) is 11.9 Å². The van der Waals surface area contributed by atoms with E-state index in [2.05, 4.69) is 29.6 Å². The molecule has 2 heteroatoms. The summed E-state index contributed by atoms with van der Waals surface area (Å²) in [5.74, 6) is 0.764. The van der Waals surface area contributed by atoms with Gasteiger partial charge >= 0.3 is 0 Å². The van der Waals surface area contributed by atoms with Crippen molar-refractivity contribution in [3.8, 4) is 0 Å². The second-order valence-electron chi connectivity index (χ2n) is 3.79. The van der Waals surface area contributed by atoms with E-state index in [1.54, 1.807) is 0 Å². The Labute approximate surface area is 90.5 Å². The van der Waals surface area contributed by atoms with E-state index in [-0.39, 0.29) is 0 Å². The average Bonchev–Trinajstić information content (AvgIpc) is 2.26. The molecule has 1 aliphatic heterocycles. The summed E-state index contributed by atoms with van der Waals surface area (Å²) in [7, 11) is 0. The lowest BCUT2D eigenvalue weighted by Gasteiger charge is -2.26. The minimum absolute atomic E-state index is 0.527. The Balaban J connectivity index is 2.14. The maximum Gasteiger partial charge on any atom is 0.0323 e. The van der Waals surface area contributed by atoms with Gasteiger partial charge in [-0.3, -0.25) is 0 Å². The molecule has 1 heterocycles. The zero-order valence-corrected chi connectivity index (χ0v) is 9.06. The Bertz CT molecular complexity index is 298. The monoisotopic (exact) mass is 209 g/mol. The van der Waals surface area contributed by atoms with E-state index >= 15 is 0 Å². The van der Waals surface area contributed by atoms with E-state index in [1.165, 1.54) is 11.1 Å². The molecule has 1 aliphatic rings. The highest BCUT2D eigenvalue weighted by Crippen LogP contribution is 2.25. The van der Waals surface area contributed by atoms with Crippen molar-refractivity contribution in [3.05, 3.63) is 35.4 Å². The van der Waals surface area contributed by atoms with Crippen LogP contribution in [0.2, 0.25) is 0 Å². The maximum atomic E-state index is 5.72. The molecular weight excluding hydrogens is 194 g/mol. The molecule has 14 heavy (non-hydrogen) atoms. The molecule has 0 saturated carbocycles. The Morgan fingerprint density at radius 1 is 1.36 bits per heavy atom. The third-order valence-electron chi connectivity index (χ3n) is 2.84. The topological polar surface area (TPSA) is 12.0 Å². The number of hydrogen-bond donors (Lipinski definition) is 1. The summed E-state index contributed by atoms with van der Waals surface area (Å²) in [5.41, 5.74) is 2.98. The SMILES string of the molecule is ClCCCC1NCCc2ccccc21. The van der Waals surface area contributed by atoms with Crippen molar-refractivity contribution in [2.75, 3.05) is 12.4 Å². The van der Waals surface area contributed by atoms with Crippen LogP contribution in [0.15, 0.2) is 24.3 Å². The van der Waals surface area contributed by atoms with E-state index in [1.807, 2.05) is 0 Å². The van der Waals surface area contributed by atoms with Gasteiger partial charge in [0.25, 0.3) is 0 Å². The lowest BCUT2D eigenvalue weighted by Crippen LogP contribution is -2.29. The molecule has 0 fully saturated rings. The number of alkyl halides is 1. The van der Waals surface area contributed by atoms with Gasteiger partial charge in [-0.2, -0.15) is 0 Å². The minimum atomic E-state index is 0.527. The van der Waals surface area contributed by atoms with Crippen molar-refractivity contribution < 1.29 is 0 Å². The van der Waals surface area contributed by atoms with Crippen LogP contribution in [-0.4, -0.2) is 12.4 Å². The first-order chi connectivity index (χ1) is 6.92. The molecule has 1 nitrogen and oxygen atoms in total. The zero-order chi connectivity index (χ0) is 9.80. The quantitative estimate of drug-likeness (QED) is 0.755. The number of fused-ring (bicyclic) bond motifs is 1. The van der Waals surface area contributed by atoms with Crippen LogP contribution in [0, 0.1) is 0 Å². The molecule has 2 rings (SSSR count). The van der Waals surface area contributed by atoms with Gasteiger partial charge in [0.15, 0.2) is 0 Å². The summed E-state index contributed by atoms with van der Waals surface area (Å²) in [6.07, 6.45) is 3.40. The van der Waals surface area contributed by atoms with Gasteiger partial charge in [0.2, 0.25) is 0 Å². The zero-order valence-electron chi connectivity index (χ0n) is 8.30. The highest BCUT2D eigenvalue weighted by molar-refractivity contribution is 6.17. The molecule has 0 bridgehead atoms. The molecule has 1 N–H and O–H groups in total. The van der Waals surface area contributed by atoms with Crippen LogP contribution in [0.5, 0.6) is 0 Å². The summed E-state index contributed by atoms with van der Waals surface area (Å²) in [4.78, 5) is 0. The predicted octanol–water partition coefficient (Wildman–Crippen LogP) is 2.89. The van der Waals surface area contributed by atoms with Crippen molar-refractivity contribution >= 4 is 11.6 Å². The molecule has 0 spiro atoms. The molecule has 0 aliphatic carbocycles. The van der Waals surface area contributed by atoms with Crippen molar-refractivity contribution in [1.29, 1.82) is 0 Å². The highest BCUT2D eigenvalue weighted by atomic mass is 35.5. The number of halogens is 1. The summed E-state index contributed by atoms with van der Waals surface area (Å²) in [5, 5.41) is 3.55. The standard InChI is InChI=1S/C12H16ClN/c13-8-3-6-12-11-5-2-1-4-10(11)7-9-14-12/h1-2,4-5,12,14H,3,6-9H2. The van der Waals surface area contributed by atoms with E-state index in [0.29, 0.717) is 6.04 Å². The third kappa shape index (κ3) is 2.10. The van der Waals surface area contributed by atoms with Gasteiger partial charge in [-0.25, -0.2) is 0 Å². The van der Waals surface area contributed by atoms with Crippen LogP contribution >= 0.6 is 11.6 Å². The highest BCUT2D eigenvalue weighted by Gasteiger charge is 2.17. The molecule has 0 saturated heterocycles. The largest absolute Gasteiger partial charge is 0.310 e. The van der Waals surface area contributed by atoms with Gasteiger partial charge < -0.3 is 5.32 Å². The van der Waals surface area contributed by atoms with E-state index in [9.17, 15) is 0 Å². The number of hydrogen-bond acceptors (Lipinski definition) is 1. The number of benzene rings is 1. The molecule has 0 amide bonds. The lowest BCUT2D eigenvalue weighted by molar-refractivity contribution is 0.472. The van der Waals surface area contributed by atoms with Crippen molar-refractivity contribution in [3.63, 3.8) is 0 Å². The van der Waals surface area contributed by atoms with Gasteiger partial charge in [0.05, 0.1) is 0 Å². The second-order valence-corrected chi connectivity index (χ2v) is 4.16. The number of rotatable bonds is 3. The molecule has 1 unspecified atom stereocenters. The van der Waals surface area contributed by atoms with Crippen LogP contribution in [0.4, 0.5) is 0 Å². The summed E-state index contributed by atoms with van der Waals surface area (Å²) < 4.78 is 0. The van der Waals surface area contributed by atoms with Crippen molar-refractivity contribution in [1.82, 2.24) is 5.32 Å². The Hall–Kier alpha value is -0.530. The van der Waals surface area contributed by atoms with Crippen LogP contribution < -0.4 is 5.32 Å². The fourth-order valence-corrected chi connectivity index (χ4v) is 2.29. The molecule has 1 aromatic carbocycles. The van der Waals surface area contributed by atoms with Gasteiger partial charge in [0.1, 0.15) is 0 Å². The molecule has 0 radical (unpaired) electrons. The summed E-state index contributed by atoms with van der Waals surface area (Å²) >= 11 is 5.72. The summed E-state index contributed by atoms with van der Waals surface area (Å²) in [6, 6.07) is 9.26. The average molecular weight is 210 g/mol. The molecule has 0 aromatic heterocycles. The summed E-state index contributed by atoms with van der Waals surface area (Å²) in [6.45, 7) is 1.10. The third-order valence-corrected chi connectivity index (χ3v) is 3.11. The van der Waals surface area contributed by atoms with Crippen LogP contribution in [-0.2, 0) is 6.42 Å². The van der Waals surface area contributed by atoms with Crippen LogP contribution in [0.25, 0.3) is 0 Å². The van der Waals surface area contributed by atoms with E-state index in [0.717, 1.165) is 31.7 Å². The van der Waals surface area contributed by atoms with Crippen LogP contribution in [0.1, 0.15) is 30.0 Å². The van der Waals surface area contributed by atoms with Crippen molar-refractivity contribution in [2.24, 2.45) is 0 Å². The Morgan fingerprint density at radius 3 is 3.07 bits per heavy atom. The lowest BCUT2D eigenvalue weighted by atomic mass is 9.92. The minimum Gasteiger partial charge on any atom is -0.310 e. The smallest absolute Gasteiger partial charge is 0.0323 e. The normalized spacial score (nSPS) is 20.5. The van der Waals surface area contributed by atoms with E-state index in [4.69, 9.17) is 11.6 Å².